The van der Waals surface area contributed by atoms with Crippen LogP contribution in [0.5, 0.6) is 0 Å². The summed E-state index contributed by atoms with van der Waals surface area (Å²) in [6.45, 7) is 7.95. The number of nitrogens with two attached hydrogens (primary N) is 1. The fourth-order valence-electron chi connectivity index (χ4n) is 3.36. The maximum atomic E-state index is 12.6. The van der Waals surface area contributed by atoms with Crippen LogP contribution in [0.3, 0.4) is 0 Å². The second kappa shape index (κ2) is 10.1. The lowest BCUT2D eigenvalue weighted by atomic mass is 9.96. The van der Waals surface area contributed by atoms with Crippen LogP contribution in [0, 0.1) is 17.2 Å². The molecule has 1 amide bonds. The first kappa shape index (κ1) is 20.2. The van der Waals surface area contributed by atoms with Crippen LogP contribution in [-0.4, -0.2) is 85.5 Å². The Labute approximate surface area is 155 Å². The molecule has 0 radical (unpaired) electrons. The predicted octanol–water partition coefficient (Wildman–Crippen LogP) is -0.228. The highest BCUT2D eigenvalue weighted by molar-refractivity contribution is 5.97. The third kappa shape index (κ3) is 5.44. The van der Waals surface area contributed by atoms with Crippen LogP contribution in [0.15, 0.2) is 11.8 Å². The van der Waals surface area contributed by atoms with E-state index in [4.69, 9.17) is 10.5 Å². The fourth-order valence-corrected chi connectivity index (χ4v) is 3.36. The largest absolute Gasteiger partial charge is 0.466 e. The highest BCUT2D eigenvalue weighted by Gasteiger charge is 2.29. The van der Waals surface area contributed by atoms with E-state index >= 15 is 0 Å². The summed E-state index contributed by atoms with van der Waals surface area (Å²) in [5.41, 5.74) is 5.73. The van der Waals surface area contributed by atoms with Gasteiger partial charge in [0.1, 0.15) is 11.6 Å². The summed E-state index contributed by atoms with van der Waals surface area (Å²) in [6, 6.07) is 2.04. The van der Waals surface area contributed by atoms with Crippen LogP contribution >= 0.6 is 0 Å². The van der Waals surface area contributed by atoms with Gasteiger partial charge in [-0.15, -0.1) is 0 Å². The van der Waals surface area contributed by atoms with E-state index in [1.807, 2.05) is 11.0 Å². The number of hydrogen-bond acceptors (Lipinski definition) is 7. The number of nitriles is 1. The first-order valence-electron chi connectivity index (χ1n) is 9.33. The minimum absolute atomic E-state index is 0.149. The molecule has 2 heterocycles. The van der Waals surface area contributed by atoms with E-state index in [2.05, 4.69) is 4.90 Å². The summed E-state index contributed by atoms with van der Waals surface area (Å²) in [5, 5.41) is 9.41. The van der Waals surface area contributed by atoms with Crippen molar-refractivity contribution < 1.29 is 14.3 Å². The van der Waals surface area contributed by atoms with Crippen LogP contribution in [0.25, 0.3) is 0 Å². The van der Waals surface area contributed by atoms with Crippen molar-refractivity contribution in [1.82, 2.24) is 14.7 Å². The van der Waals surface area contributed by atoms with Gasteiger partial charge in [-0.05, 0) is 19.8 Å². The van der Waals surface area contributed by atoms with Gasteiger partial charge in [-0.25, -0.2) is 0 Å². The third-order valence-corrected chi connectivity index (χ3v) is 4.92. The Morgan fingerprint density at radius 2 is 1.85 bits per heavy atom. The molecule has 0 atom stereocenters. The summed E-state index contributed by atoms with van der Waals surface area (Å²) in [7, 11) is 0. The zero-order chi connectivity index (χ0) is 18.9. The molecule has 0 aliphatic carbocycles. The smallest absolute Gasteiger partial charge is 0.309 e. The van der Waals surface area contributed by atoms with Crippen molar-refractivity contribution in [3.05, 3.63) is 11.8 Å². The molecule has 0 bridgehead atoms. The first-order chi connectivity index (χ1) is 12.6. The Kier molecular flexibility index (Phi) is 7.88. The number of nitrogens with zero attached hydrogens (tertiary/aromatic N) is 4. The molecule has 2 saturated heterocycles. The van der Waals surface area contributed by atoms with Gasteiger partial charge in [0.25, 0.3) is 5.91 Å². The first-order valence-corrected chi connectivity index (χ1v) is 9.33. The summed E-state index contributed by atoms with van der Waals surface area (Å²) in [5.74, 6) is -0.589. The average molecular weight is 363 g/mol. The molecule has 0 saturated carbocycles. The fraction of sp³-hybridized carbons (Fsp3) is 0.722. The van der Waals surface area contributed by atoms with E-state index in [0.717, 1.165) is 32.7 Å². The molecule has 2 fully saturated rings. The van der Waals surface area contributed by atoms with Crippen molar-refractivity contribution in [3.63, 3.8) is 0 Å². The maximum Gasteiger partial charge on any atom is 0.309 e. The average Bonchev–Trinajstić information content (AvgIpc) is 2.67. The number of hydrogen-bond donors (Lipinski definition) is 1. The third-order valence-electron chi connectivity index (χ3n) is 4.92. The Morgan fingerprint density at radius 1 is 1.19 bits per heavy atom. The Hall–Kier alpha value is -2.11. The van der Waals surface area contributed by atoms with Gasteiger partial charge in [-0.3, -0.25) is 14.5 Å². The van der Waals surface area contributed by atoms with Gasteiger partial charge in [0.05, 0.1) is 12.5 Å². The number of amides is 1. The molecule has 26 heavy (non-hydrogen) atoms. The van der Waals surface area contributed by atoms with E-state index < -0.39 is 0 Å². The summed E-state index contributed by atoms with van der Waals surface area (Å²) in [4.78, 5) is 30.4. The second-order valence-corrected chi connectivity index (χ2v) is 6.64. The summed E-state index contributed by atoms with van der Waals surface area (Å²) < 4.78 is 5.05. The SMILES string of the molecule is CCOC(=O)C1CCN(C(=O)/C(C#N)=C\N2CCN(CCN)CC2)CC1. The molecular weight excluding hydrogens is 334 g/mol. The molecule has 2 aliphatic heterocycles. The standard InChI is InChI=1S/C18H29N5O3/c1-2-26-18(25)15-3-6-23(7-4-15)17(24)16(13-20)14-22-11-9-21(8-5-19)10-12-22/h14-15H,2-12,19H2,1H3/b16-14-. The highest BCUT2D eigenvalue weighted by atomic mass is 16.5. The molecule has 2 rings (SSSR count). The normalized spacial score (nSPS) is 20.0. The number of piperazine rings is 1. The highest BCUT2D eigenvalue weighted by Crippen LogP contribution is 2.20. The lowest BCUT2D eigenvalue weighted by molar-refractivity contribution is -0.150. The minimum Gasteiger partial charge on any atom is -0.466 e. The Bertz CT molecular complexity index is 556. The number of carbonyl (C=O) groups excluding carboxylic acids is 2. The van der Waals surface area contributed by atoms with Gasteiger partial charge in [0.15, 0.2) is 0 Å². The number of esters is 1. The van der Waals surface area contributed by atoms with Crippen LogP contribution < -0.4 is 5.73 Å². The Morgan fingerprint density at radius 3 is 2.38 bits per heavy atom. The summed E-state index contributed by atoms with van der Waals surface area (Å²) >= 11 is 0. The van der Waals surface area contributed by atoms with Crippen molar-refractivity contribution in [1.29, 1.82) is 5.26 Å². The molecule has 8 nitrogen and oxygen atoms in total. The van der Waals surface area contributed by atoms with Gasteiger partial charge >= 0.3 is 5.97 Å². The lowest BCUT2D eigenvalue weighted by Crippen LogP contribution is -2.46. The zero-order valence-electron chi connectivity index (χ0n) is 15.5. The van der Waals surface area contributed by atoms with E-state index in [-0.39, 0.29) is 23.4 Å². The molecule has 0 spiro atoms. The molecule has 2 N–H and O–H groups in total. The molecule has 2 aliphatic rings. The van der Waals surface area contributed by atoms with Gasteiger partial charge in [0, 0.05) is 58.6 Å². The second-order valence-electron chi connectivity index (χ2n) is 6.64. The molecule has 0 aromatic carbocycles. The maximum absolute atomic E-state index is 12.6. The van der Waals surface area contributed by atoms with Gasteiger partial charge in [-0.1, -0.05) is 0 Å². The topological polar surface area (TPSA) is 103 Å². The van der Waals surface area contributed by atoms with Crippen molar-refractivity contribution >= 4 is 11.9 Å². The van der Waals surface area contributed by atoms with Crippen molar-refractivity contribution in [2.24, 2.45) is 11.7 Å². The summed E-state index contributed by atoms with van der Waals surface area (Å²) in [6.07, 6.45) is 2.85. The molecule has 0 aromatic heterocycles. The number of carbonyl (C=O) groups is 2. The molecule has 0 aromatic rings. The number of piperidine rings is 1. The molecule has 144 valence electrons. The van der Waals surface area contributed by atoms with Crippen LogP contribution in [0.2, 0.25) is 0 Å². The van der Waals surface area contributed by atoms with Gasteiger partial charge in [0.2, 0.25) is 0 Å². The van der Waals surface area contributed by atoms with Crippen molar-refractivity contribution in [2.45, 2.75) is 19.8 Å². The predicted molar refractivity (Wildman–Crippen MR) is 96.7 cm³/mol. The van der Waals surface area contributed by atoms with E-state index in [0.29, 0.717) is 39.1 Å². The monoisotopic (exact) mass is 363 g/mol. The van der Waals surface area contributed by atoms with E-state index in [1.165, 1.54) is 0 Å². The molecule has 0 unspecified atom stereocenters. The quantitative estimate of drug-likeness (QED) is 0.395. The van der Waals surface area contributed by atoms with Crippen LogP contribution in [0.4, 0.5) is 0 Å². The Balaban J connectivity index is 1.87. The minimum atomic E-state index is -0.251. The number of likely N-dealkylation sites (tertiary alicyclic amines) is 1. The van der Waals surface area contributed by atoms with Gasteiger partial charge < -0.3 is 20.3 Å². The lowest BCUT2D eigenvalue weighted by Gasteiger charge is -2.34. The van der Waals surface area contributed by atoms with E-state index in [1.54, 1.807) is 18.0 Å². The molecule has 8 heteroatoms. The zero-order valence-corrected chi connectivity index (χ0v) is 15.5. The van der Waals surface area contributed by atoms with Crippen LogP contribution in [-0.2, 0) is 14.3 Å². The number of rotatable bonds is 6. The molecular formula is C18H29N5O3. The van der Waals surface area contributed by atoms with E-state index in [9.17, 15) is 14.9 Å². The van der Waals surface area contributed by atoms with Crippen molar-refractivity contribution in [3.8, 4) is 6.07 Å². The van der Waals surface area contributed by atoms with Crippen molar-refractivity contribution in [2.75, 3.05) is 59.0 Å². The number of ether oxygens (including phenoxy) is 1. The van der Waals surface area contributed by atoms with Crippen LogP contribution in [0.1, 0.15) is 19.8 Å². The van der Waals surface area contributed by atoms with Gasteiger partial charge in [-0.2, -0.15) is 5.26 Å².